The maximum Gasteiger partial charge on any atom is 0.296 e. The van der Waals surface area contributed by atoms with E-state index in [4.69, 9.17) is 13.9 Å². The third-order valence-corrected chi connectivity index (χ3v) is 7.37. The van der Waals surface area contributed by atoms with Crippen molar-refractivity contribution in [3.05, 3.63) is 92.5 Å². The summed E-state index contributed by atoms with van der Waals surface area (Å²) in [7, 11) is 1.59. The molecular weight excluding hydrogens is 492 g/mol. The van der Waals surface area contributed by atoms with Gasteiger partial charge in [0.2, 0.25) is 5.76 Å². The van der Waals surface area contributed by atoms with Crippen molar-refractivity contribution in [2.45, 2.75) is 59.4 Å². The average Bonchev–Trinajstić information content (AvgIpc) is 3.22. The van der Waals surface area contributed by atoms with Crippen molar-refractivity contribution in [2.24, 2.45) is 0 Å². The van der Waals surface area contributed by atoms with Crippen LogP contribution in [0.3, 0.4) is 0 Å². The number of carbonyl (C=O) groups is 1. The predicted molar refractivity (Wildman–Crippen MR) is 152 cm³/mol. The molecule has 2 aromatic carbocycles. The van der Waals surface area contributed by atoms with Crippen molar-refractivity contribution in [1.29, 1.82) is 0 Å². The standard InChI is InChI=1S/C32H34N2O5/c1-6-7-8-9-15-38-24-14-13-22(18-26(24)37-5)29-28-30(35)23-16-19(2)20(3)17-25(23)39-31(28)32(36)34(29)27-12-10-11-21(4)33-27/h10-14,16-18,29H,6-9,15H2,1-5H3. The van der Waals surface area contributed by atoms with Gasteiger partial charge in [-0.2, -0.15) is 0 Å². The van der Waals surface area contributed by atoms with Crippen LogP contribution in [0.1, 0.15) is 77.2 Å². The number of aryl methyl sites for hydroxylation is 3. The van der Waals surface area contributed by atoms with Crippen LogP contribution in [-0.2, 0) is 0 Å². The summed E-state index contributed by atoms with van der Waals surface area (Å²) < 4.78 is 17.9. The molecule has 0 spiro atoms. The van der Waals surface area contributed by atoms with Crippen LogP contribution in [0.4, 0.5) is 5.82 Å². The summed E-state index contributed by atoms with van der Waals surface area (Å²) in [4.78, 5) is 34.0. The minimum Gasteiger partial charge on any atom is -0.493 e. The molecule has 1 aliphatic heterocycles. The number of anilines is 1. The van der Waals surface area contributed by atoms with E-state index in [9.17, 15) is 9.59 Å². The summed E-state index contributed by atoms with van der Waals surface area (Å²) in [6.07, 6.45) is 4.41. The third-order valence-electron chi connectivity index (χ3n) is 7.37. The van der Waals surface area contributed by atoms with Gasteiger partial charge in [-0.3, -0.25) is 14.5 Å². The van der Waals surface area contributed by atoms with Gasteiger partial charge in [-0.15, -0.1) is 0 Å². The van der Waals surface area contributed by atoms with Gasteiger partial charge in [0.15, 0.2) is 16.9 Å². The van der Waals surface area contributed by atoms with Crippen LogP contribution in [0.2, 0.25) is 0 Å². The van der Waals surface area contributed by atoms with Gasteiger partial charge in [-0.1, -0.05) is 38.3 Å². The topological polar surface area (TPSA) is 81.9 Å². The highest BCUT2D eigenvalue weighted by Gasteiger charge is 2.44. The molecule has 1 unspecified atom stereocenters. The molecule has 202 valence electrons. The summed E-state index contributed by atoms with van der Waals surface area (Å²) in [5, 5.41) is 0.452. The fraction of sp³-hybridized carbons (Fsp3) is 0.344. The summed E-state index contributed by atoms with van der Waals surface area (Å²) in [6.45, 7) is 8.54. The molecule has 3 heterocycles. The lowest BCUT2D eigenvalue weighted by Gasteiger charge is -2.25. The number of unbranched alkanes of at least 4 members (excludes halogenated alkanes) is 3. The van der Waals surface area contributed by atoms with Crippen LogP contribution in [0, 0.1) is 20.8 Å². The van der Waals surface area contributed by atoms with Crippen molar-refractivity contribution < 1.29 is 18.7 Å². The van der Waals surface area contributed by atoms with Crippen LogP contribution in [-0.4, -0.2) is 24.6 Å². The zero-order valence-corrected chi connectivity index (χ0v) is 23.2. The van der Waals surface area contributed by atoms with E-state index in [1.54, 1.807) is 18.1 Å². The van der Waals surface area contributed by atoms with Gasteiger partial charge >= 0.3 is 0 Å². The Balaban J connectivity index is 1.65. The van der Waals surface area contributed by atoms with Gasteiger partial charge in [0.25, 0.3) is 5.91 Å². The van der Waals surface area contributed by atoms with Gasteiger partial charge in [-0.25, -0.2) is 4.98 Å². The summed E-state index contributed by atoms with van der Waals surface area (Å²) in [6, 6.07) is 14.0. The first-order valence-corrected chi connectivity index (χ1v) is 13.5. The smallest absolute Gasteiger partial charge is 0.296 e. The Labute approximate surface area is 228 Å². The van der Waals surface area contributed by atoms with Crippen molar-refractivity contribution in [3.63, 3.8) is 0 Å². The molecule has 0 bridgehead atoms. The van der Waals surface area contributed by atoms with Gasteiger partial charge in [-0.05, 0) is 80.3 Å². The second kappa shape index (κ2) is 10.9. The Morgan fingerprint density at radius 3 is 2.49 bits per heavy atom. The molecule has 0 fully saturated rings. The second-order valence-corrected chi connectivity index (χ2v) is 10.1. The zero-order chi connectivity index (χ0) is 27.7. The number of rotatable bonds is 9. The largest absolute Gasteiger partial charge is 0.493 e. The molecule has 0 saturated heterocycles. The molecule has 0 aliphatic carbocycles. The average molecular weight is 527 g/mol. The van der Waals surface area contributed by atoms with Crippen LogP contribution in [0.15, 0.2) is 57.7 Å². The molecule has 5 rings (SSSR count). The van der Waals surface area contributed by atoms with E-state index in [0.717, 1.165) is 36.1 Å². The summed E-state index contributed by atoms with van der Waals surface area (Å²) in [5.41, 5.74) is 3.91. The molecule has 0 N–H and O–H groups in total. The lowest BCUT2D eigenvalue weighted by Crippen LogP contribution is -2.30. The lowest BCUT2D eigenvalue weighted by molar-refractivity contribution is 0.0970. The Morgan fingerprint density at radius 2 is 1.74 bits per heavy atom. The summed E-state index contributed by atoms with van der Waals surface area (Å²) >= 11 is 0. The van der Waals surface area contributed by atoms with Crippen LogP contribution in [0.25, 0.3) is 11.0 Å². The Kier molecular flexibility index (Phi) is 7.42. The second-order valence-electron chi connectivity index (χ2n) is 10.1. The van der Waals surface area contributed by atoms with Crippen molar-refractivity contribution in [1.82, 2.24) is 4.98 Å². The molecular formula is C32H34N2O5. The highest BCUT2D eigenvalue weighted by Crippen LogP contribution is 2.43. The third kappa shape index (κ3) is 4.89. The van der Waals surface area contributed by atoms with Crippen LogP contribution >= 0.6 is 0 Å². The number of hydrogen-bond donors (Lipinski definition) is 0. The number of aromatic nitrogens is 1. The Bertz CT molecular complexity index is 1610. The SMILES string of the molecule is CCCCCCOc1ccc(C2c3c(oc4cc(C)c(C)cc4c3=O)C(=O)N2c2cccc(C)n2)cc1OC. The quantitative estimate of drug-likeness (QED) is 0.222. The first-order valence-electron chi connectivity index (χ1n) is 13.5. The number of pyridine rings is 1. The number of carbonyl (C=O) groups excluding carboxylic acids is 1. The number of methoxy groups -OCH3 is 1. The van der Waals surface area contributed by atoms with Gasteiger partial charge in [0.05, 0.1) is 30.7 Å². The molecule has 39 heavy (non-hydrogen) atoms. The maximum atomic E-state index is 14.0. The number of ether oxygens (including phenoxy) is 2. The zero-order valence-electron chi connectivity index (χ0n) is 23.2. The number of fused-ring (bicyclic) bond motifs is 2. The van der Waals surface area contributed by atoms with Crippen LogP contribution in [0.5, 0.6) is 11.5 Å². The van der Waals surface area contributed by atoms with Crippen molar-refractivity contribution in [2.75, 3.05) is 18.6 Å². The van der Waals surface area contributed by atoms with Crippen molar-refractivity contribution >= 4 is 22.7 Å². The molecule has 1 aliphatic rings. The minimum atomic E-state index is -0.739. The Hall–Kier alpha value is -4.13. The molecule has 7 heteroatoms. The molecule has 7 nitrogen and oxygen atoms in total. The molecule has 4 aromatic rings. The fourth-order valence-electron chi connectivity index (χ4n) is 5.13. The van der Waals surface area contributed by atoms with E-state index >= 15 is 0 Å². The maximum absolute atomic E-state index is 14.0. The molecule has 0 radical (unpaired) electrons. The normalized spacial score (nSPS) is 14.6. The van der Waals surface area contributed by atoms with E-state index in [1.165, 1.54) is 6.42 Å². The summed E-state index contributed by atoms with van der Waals surface area (Å²) in [5.74, 6) is 1.25. The predicted octanol–water partition coefficient (Wildman–Crippen LogP) is 6.83. The van der Waals surface area contributed by atoms with E-state index in [1.807, 2.05) is 63.2 Å². The van der Waals surface area contributed by atoms with E-state index < -0.39 is 11.9 Å². The van der Waals surface area contributed by atoms with Gasteiger partial charge in [0, 0.05) is 5.69 Å². The van der Waals surface area contributed by atoms with Crippen molar-refractivity contribution in [3.8, 4) is 11.5 Å². The number of nitrogens with zero attached hydrogens (tertiary/aromatic N) is 2. The fourth-order valence-corrected chi connectivity index (χ4v) is 5.13. The van der Waals surface area contributed by atoms with Crippen LogP contribution < -0.4 is 19.8 Å². The minimum absolute atomic E-state index is 0.0410. The van der Waals surface area contributed by atoms with E-state index in [0.29, 0.717) is 46.0 Å². The molecule has 0 saturated carbocycles. The highest BCUT2D eigenvalue weighted by atomic mass is 16.5. The lowest BCUT2D eigenvalue weighted by atomic mass is 9.97. The van der Waals surface area contributed by atoms with E-state index in [-0.39, 0.29) is 11.2 Å². The first-order chi connectivity index (χ1) is 18.8. The number of amides is 1. The van der Waals surface area contributed by atoms with E-state index in [2.05, 4.69) is 11.9 Å². The van der Waals surface area contributed by atoms with Gasteiger partial charge in [0.1, 0.15) is 11.4 Å². The number of benzene rings is 2. The number of hydrogen-bond acceptors (Lipinski definition) is 6. The first kappa shape index (κ1) is 26.5. The monoisotopic (exact) mass is 526 g/mol. The van der Waals surface area contributed by atoms with Gasteiger partial charge < -0.3 is 13.9 Å². The molecule has 1 atom stereocenters. The highest BCUT2D eigenvalue weighted by molar-refractivity contribution is 6.10. The molecule has 1 amide bonds. The molecule has 2 aromatic heterocycles. The Morgan fingerprint density at radius 1 is 0.949 bits per heavy atom.